The molecule has 2 N–H and O–H groups in total. The largest absolute Gasteiger partial charge is 0.481 e. The Kier molecular flexibility index (Phi) is 6.85. The van der Waals surface area contributed by atoms with E-state index in [2.05, 4.69) is 5.32 Å². The summed E-state index contributed by atoms with van der Waals surface area (Å²) >= 11 is 0. The van der Waals surface area contributed by atoms with Gasteiger partial charge in [0, 0.05) is 25.3 Å². The van der Waals surface area contributed by atoms with Crippen LogP contribution in [-0.4, -0.2) is 43.3 Å². The van der Waals surface area contributed by atoms with Crippen molar-refractivity contribution in [2.45, 2.75) is 33.2 Å². The number of benzene rings is 1. The summed E-state index contributed by atoms with van der Waals surface area (Å²) in [5.41, 5.74) is 1.99. The number of amides is 1. The zero-order valence-electron chi connectivity index (χ0n) is 13.4. The highest BCUT2D eigenvalue weighted by Gasteiger charge is 2.14. The summed E-state index contributed by atoms with van der Waals surface area (Å²) < 4.78 is 10.2. The van der Waals surface area contributed by atoms with Crippen LogP contribution in [0.1, 0.15) is 34.8 Å². The van der Waals surface area contributed by atoms with Crippen molar-refractivity contribution >= 4 is 11.9 Å². The molecule has 1 aromatic rings. The number of methoxy groups -OCH3 is 1. The quantitative estimate of drug-likeness (QED) is 0.766. The molecule has 0 heterocycles. The van der Waals surface area contributed by atoms with Crippen molar-refractivity contribution in [1.82, 2.24) is 5.32 Å². The number of carboxylic acids is 1. The Hall–Kier alpha value is -2.08. The van der Waals surface area contributed by atoms with Crippen LogP contribution in [0, 0.1) is 13.8 Å². The van der Waals surface area contributed by atoms with E-state index in [-0.39, 0.29) is 11.9 Å². The number of ether oxygens (including phenoxy) is 2. The maximum Gasteiger partial charge on any atom is 0.341 e. The van der Waals surface area contributed by atoms with Crippen molar-refractivity contribution in [3.8, 4) is 5.75 Å². The number of carboxylic acid groups (broad SMARTS) is 1. The van der Waals surface area contributed by atoms with E-state index in [0.717, 1.165) is 17.5 Å². The normalized spacial score (nSPS) is 11.8. The first kappa shape index (κ1) is 18.0. The minimum Gasteiger partial charge on any atom is -0.481 e. The first-order valence-corrected chi connectivity index (χ1v) is 7.10. The summed E-state index contributed by atoms with van der Waals surface area (Å²) in [6.45, 7) is 5.67. The van der Waals surface area contributed by atoms with Crippen LogP contribution in [0.2, 0.25) is 0 Å². The van der Waals surface area contributed by atoms with Gasteiger partial charge in [0.1, 0.15) is 5.75 Å². The average Bonchev–Trinajstić information content (AvgIpc) is 2.43. The summed E-state index contributed by atoms with van der Waals surface area (Å²) in [5, 5.41) is 11.6. The van der Waals surface area contributed by atoms with Crippen LogP contribution in [0.15, 0.2) is 12.1 Å². The highest BCUT2D eigenvalue weighted by atomic mass is 16.5. The van der Waals surface area contributed by atoms with Gasteiger partial charge in [-0.1, -0.05) is 0 Å². The number of aryl methyl sites for hydroxylation is 2. The van der Waals surface area contributed by atoms with Gasteiger partial charge in [-0.2, -0.15) is 0 Å². The van der Waals surface area contributed by atoms with Crippen LogP contribution in [0.25, 0.3) is 0 Å². The summed E-state index contributed by atoms with van der Waals surface area (Å²) in [7, 11) is 1.62. The molecule has 0 aliphatic heterocycles. The van der Waals surface area contributed by atoms with Crippen molar-refractivity contribution in [3.05, 3.63) is 28.8 Å². The first-order chi connectivity index (χ1) is 10.3. The fourth-order valence-corrected chi connectivity index (χ4v) is 2.12. The molecular weight excluding hydrogens is 286 g/mol. The summed E-state index contributed by atoms with van der Waals surface area (Å²) in [6.07, 6.45) is 0.736. The highest BCUT2D eigenvalue weighted by molar-refractivity contribution is 5.95. The maximum atomic E-state index is 12.2. The fourth-order valence-electron chi connectivity index (χ4n) is 2.12. The maximum absolute atomic E-state index is 12.2. The molecule has 0 aliphatic carbocycles. The second-order valence-electron chi connectivity index (χ2n) is 5.28. The van der Waals surface area contributed by atoms with Crippen LogP contribution < -0.4 is 10.1 Å². The Morgan fingerprint density at radius 2 is 1.86 bits per heavy atom. The van der Waals surface area contributed by atoms with Crippen LogP contribution in [0.5, 0.6) is 5.75 Å². The monoisotopic (exact) mass is 309 g/mol. The number of hydrogen-bond acceptors (Lipinski definition) is 4. The van der Waals surface area contributed by atoms with Gasteiger partial charge in [0.2, 0.25) is 0 Å². The molecule has 0 aromatic heterocycles. The van der Waals surface area contributed by atoms with E-state index in [9.17, 15) is 9.59 Å². The number of rotatable bonds is 8. The van der Waals surface area contributed by atoms with Crippen molar-refractivity contribution in [2.24, 2.45) is 0 Å². The van der Waals surface area contributed by atoms with Gasteiger partial charge >= 0.3 is 5.97 Å². The topological polar surface area (TPSA) is 84.9 Å². The van der Waals surface area contributed by atoms with Gasteiger partial charge in [-0.25, -0.2) is 4.79 Å². The Morgan fingerprint density at radius 3 is 2.36 bits per heavy atom. The van der Waals surface area contributed by atoms with Crippen molar-refractivity contribution < 1.29 is 24.2 Å². The molecular formula is C16H23NO5. The molecule has 0 aliphatic rings. The molecule has 22 heavy (non-hydrogen) atoms. The molecule has 1 aromatic carbocycles. The third-order valence-electron chi connectivity index (χ3n) is 3.19. The Labute approximate surface area is 130 Å². The van der Waals surface area contributed by atoms with E-state index in [4.69, 9.17) is 14.6 Å². The van der Waals surface area contributed by atoms with Crippen LogP contribution in [-0.2, 0) is 9.53 Å². The van der Waals surface area contributed by atoms with E-state index >= 15 is 0 Å². The molecule has 1 unspecified atom stereocenters. The van der Waals surface area contributed by atoms with Crippen molar-refractivity contribution in [2.75, 3.05) is 20.3 Å². The van der Waals surface area contributed by atoms with Crippen LogP contribution in [0.3, 0.4) is 0 Å². The average molecular weight is 309 g/mol. The number of hydrogen-bond donors (Lipinski definition) is 2. The Balaban J connectivity index is 2.80. The molecule has 0 bridgehead atoms. The van der Waals surface area contributed by atoms with Crippen molar-refractivity contribution in [3.63, 3.8) is 0 Å². The van der Waals surface area contributed by atoms with Gasteiger partial charge in [-0.15, -0.1) is 0 Å². The number of carbonyl (C=O) groups excluding carboxylic acids is 1. The highest BCUT2D eigenvalue weighted by Crippen LogP contribution is 2.25. The molecule has 0 fully saturated rings. The second kappa shape index (κ2) is 8.38. The van der Waals surface area contributed by atoms with E-state index in [1.165, 1.54) is 0 Å². The zero-order valence-corrected chi connectivity index (χ0v) is 13.4. The van der Waals surface area contributed by atoms with Crippen LogP contribution in [0.4, 0.5) is 0 Å². The number of carbonyl (C=O) groups is 2. The third kappa shape index (κ3) is 5.37. The lowest BCUT2D eigenvalue weighted by Gasteiger charge is -2.16. The van der Waals surface area contributed by atoms with Gasteiger partial charge in [0.05, 0.1) is 0 Å². The van der Waals surface area contributed by atoms with Crippen LogP contribution >= 0.6 is 0 Å². The molecule has 6 heteroatoms. The summed E-state index contributed by atoms with van der Waals surface area (Å²) in [4.78, 5) is 22.8. The number of nitrogens with one attached hydrogen (secondary N) is 1. The fraction of sp³-hybridized carbons (Fsp3) is 0.500. The summed E-state index contributed by atoms with van der Waals surface area (Å²) in [6, 6.07) is 3.40. The van der Waals surface area contributed by atoms with E-state index in [1.807, 2.05) is 6.92 Å². The molecule has 0 spiro atoms. The predicted octanol–water partition coefficient (Wildman–Crippen LogP) is 1.92. The van der Waals surface area contributed by atoms with Gasteiger partial charge in [-0.3, -0.25) is 4.79 Å². The first-order valence-electron chi connectivity index (χ1n) is 7.10. The third-order valence-corrected chi connectivity index (χ3v) is 3.19. The van der Waals surface area contributed by atoms with Gasteiger partial charge < -0.3 is 19.9 Å². The molecule has 122 valence electrons. The Morgan fingerprint density at radius 1 is 1.27 bits per heavy atom. The lowest BCUT2D eigenvalue weighted by Crippen LogP contribution is -2.33. The molecule has 0 radical (unpaired) electrons. The number of aliphatic carboxylic acids is 1. The second-order valence-corrected chi connectivity index (χ2v) is 5.28. The smallest absolute Gasteiger partial charge is 0.341 e. The molecule has 1 rings (SSSR count). The molecule has 0 saturated heterocycles. The van der Waals surface area contributed by atoms with Crippen molar-refractivity contribution in [1.29, 1.82) is 0 Å². The van der Waals surface area contributed by atoms with E-state index in [0.29, 0.717) is 17.9 Å². The lowest BCUT2D eigenvalue weighted by molar-refractivity contribution is -0.139. The predicted molar refractivity (Wildman–Crippen MR) is 82.5 cm³/mol. The molecule has 0 saturated carbocycles. The van der Waals surface area contributed by atoms with Gasteiger partial charge in [0.25, 0.3) is 5.91 Å². The molecule has 1 amide bonds. The lowest BCUT2D eigenvalue weighted by atomic mass is 10.0. The summed E-state index contributed by atoms with van der Waals surface area (Å²) in [5.74, 6) is -0.696. The van der Waals surface area contributed by atoms with E-state index in [1.54, 1.807) is 33.1 Å². The molecule has 6 nitrogen and oxygen atoms in total. The van der Waals surface area contributed by atoms with Gasteiger partial charge in [0.15, 0.2) is 6.61 Å². The molecule has 1 atom stereocenters. The van der Waals surface area contributed by atoms with Gasteiger partial charge in [-0.05, 0) is 50.5 Å². The Bertz CT molecular complexity index is 518. The van der Waals surface area contributed by atoms with E-state index < -0.39 is 12.6 Å². The zero-order chi connectivity index (χ0) is 16.7. The minimum absolute atomic E-state index is 0.0102. The minimum atomic E-state index is -1.03. The SMILES string of the molecule is COCCC(C)NC(=O)c1cc(C)c(OCC(=O)O)c(C)c1. The standard InChI is InChI=1S/C16H23NO5/c1-10-7-13(16(20)17-12(3)5-6-21-4)8-11(2)15(10)22-9-14(18)19/h7-8,12H,5-6,9H2,1-4H3,(H,17,20)(H,18,19).